The number of carbonyl (C=O) groups is 1. The third kappa shape index (κ3) is 3.90. The number of halogens is 1. The molecule has 0 radical (unpaired) electrons. The number of aryl methyl sites for hydroxylation is 2. The van der Waals surface area contributed by atoms with Crippen LogP contribution in [-0.4, -0.2) is 28.9 Å². The number of amides is 1. The lowest BCUT2D eigenvalue weighted by atomic mass is 9.76. The number of nitrogens with zero attached hydrogens (tertiary/aromatic N) is 3. The van der Waals surface area contributed by atoms with Gasteiger partial charge in [0.2, 0.25) is 0 Å². The molecule has 1 amide bonds. The van der Waals surface area contributed by atoms with Gasteiger partial charge in [0.25, 0.3) is 5.91 Å². The van der Waals surface area contributed by atoms with Crippen LogP contribution in [0.3, 0.4) is 0 Å². The zero-order chi connectivity index (χ0) is 21.4. The Kier molecular flexibility index (Phi) is 5.36. The molecule has 31 heavy (non-hydrogen) atoms. The minimum Gasteiger partial charge on any atom is -0.619 e. The van der Waals surface area contributed by atoms with E-state index in [1.54, 1.807) is 12.1 Å². The Morgan fingerprint density at radius 2 is 1.81 bits per heavy atom. The molecule has 5 rings (SSSR count). The summed E-state index contributed by atoms with van der Waals surface area (Å²) >= 11 is 6.32. The van der Waals surface area contributed by atoms with Crippen molar-refractivity contribution < 1.29 is 9.52 Å². The Labute approximate surface area is 186 Å². The average Bonchev–Trinajstić information content (AvgIpc) is 2.96. The highest BCUT2D eigenvalue weighted by Gasteiger charge is 2.35. The van der Waals surface area contributed by atoms with Gasteiger partial charge in [0, 0.05) is 42.4 Å². The van der Waals surface area contributed by atoms with Crippen molar-refractivity contribution in [2.75, 3.05) is 13.1 Å². The largest absolute Gasteiger partial charge is 0.619 e. The number of rotatable bonds is 2. The highest BCUT2D eigenvalue weighted by molar-refractivity contribution is 6.30. The minimum atomic E-state index is -0.00868. The first-order valence-corrected chi connectivity index (χ1v) is 11.2. The van der Waals surface area contributed by atoms with Crippen molar-refractivity contribution in [2.45, 2.75) is 31.6 Å². The predicted octanol–water partition coefficient (Wildman–Crippen LogP) is 4.15. The fraction of sp³-hybridized carbons (Fsp3) is 0.320. The quantitative estimate of drug-likeness (QED) is 0.450. The lowest BCUT2D eigenvalue weighted by molar-refractivity contribution is -0.605. The number of benzene rings is 1. The Morgan fingerprint density at radius 3 is 2.58 bits per heavy atom. The van der Waals surface area contributed by atoms with Crippen molar-refractivity contribution in [3.05, 3.63) is 99.2 Å². The van der Waals surface area contributed by atoms with Gasteiger partial charge in [-0.1, -0.05) is 23.7 Å². The second-order valence-electron chi connectivity index (χ2n) is 8.44. The van der Waals surface area contributed by atoms with Gasteiger partial charge in [-0.05, 0) is 66.5 Å². The van der Waals surface area contributed by atoms with Gasteiger partial charge in [-0.3, -0.25) is 9.78 Å². The molecule has 0 N–H and O–H groups in total. The first-order chi connectivity index (χ1) is 15.1. The van der Waals surface area contributed by atoms with E-state index >= 15 is 0 Å². The van der Waals surface area contributed by atoms with Gasteiger partial charge >= 0.3 is 0 Å². The maximum absolute atomic E-state index is 12.9. The zero-order valence-electron chi connectivity index (χ0n) is 17.2. The Hall–Kier alpha value is -2.92. The van der Waals surface area contributed by atoms with E-state index in [0.717, 1.165) is 30.7 Å². The van der Waals surface area contributed by atoms with E-state index in [2.05, 4.69) is 18.2 Å². The Balaban J connectivity index is 1.41. The number of likely N-dealkylation sites (tertiary alicyclic amines) is 1. The summed E-state index contributed by atoms with van der Waals surface area (Å²) in [6.07, 6.45) is 8.41. The van der Waals surface area contributed by atoms with Crippen LogP contribution in [0, 0.1) is 11.1 Å². The number of aromatic nitrogens is 2. The summed E-state index contributed by atoms with van der Waals surface area (Å²) in [5.41, 5.74) is 5.69. The van der Waals surface area contributed by atoms with E-state index in [1.807, 2.05) is 23.2 Å². The van der Waals surface area contributed by atoms with Crippen LogP contribution in [0.5, 0.6) is 0 Å². The molecule has 1 aliphatic heterocycles. The third-order valence-electron chi connectivity index (χ3n) is 6.67. The van der Waals surface area contributed by atoms with Gasteiger partial charge in [0.15, 0.2) is 12.4 Å². The smallest absolute Gasteiger partial charge is 0.254 e. The first-order valence-electron chi connectivity index (χ1n) is 10.8. The zero-order valence-corrected chi connectivity index (χ0v) is 18.0. The standard InChI is InChI=1S/C25H24ClN3O2/c26-21-5-6-22-20(16-21)4-3-18-2-1-11-27-24(18)23(22)17-7-12-28(13-8-17)25(30)19-9-14-29(31)15-10-19/h1-2,5-6,9-11,14-17,23H,3-4,7-8,12-13H2. The van der Waals surface area contributed by atoms with Crippen molar-refractivity contribution in [3.8, 4) is 0 Å². The van der Waals surface area contributed by atoms with Crippen molar-refractivity contribution in [2.24, 2.45) is 5.92 Å². The Morgan fingerprint density at radius 1 is 1.06 bits per heavy atom. The second kappa shape index (κ2) is 8.31. The predicted molar refractivity (Wildman–Crippen MR) is 119 cm³/mol. The Bertz CT molecular complexity index is 1110. The molecule has 0 bridgehead atoms. The molecule has 1 saturated heterocycles. The summed E-state index contributed by atoms with van der Waals surface area (Å²) in [6.45, 7) is 1.41. The number of fused-ring (bicyclic) bond motifs is 2. The summed E-state index contributed by atoms with van der Waals surface area (Å²) < 4.78 is 0.698. The van der Waals surface area contributed by atoms with Crippen molar-refractivity contribution in [3.63, 3.8) is 0 Å². The highest BCUT2D eigenvalue weighted by atomic mass is 35.5. The molecule has 3 aromatic rings. The molecule has 1 aromatic carbocycles. The summed E-state index contributed by atoms with van der Waals surface area (Å²) in [5.74, 6) is 0.625. The number of hydrogen-bond donors (Lipinski definition) is 0. The van der Waals surface area contributed by atoms with Crippen LogP contribution in [-0.2, 0) is 12.8 Å². The molecule has 1 atom stereocenters. The van der Waals surface area contributed by atoms with Gasteiger partial charge in [-0.25, -0.2) is 0 Å². The molecule has 0 saturated carbocycles. The monoisotopic (exact) mass is 433 g/mol. The number of carbonyl (C=O) groups excluding carboxylic acids is 1. The fourth-order valence-corrected chi connectivity index (χ4v) is 5.30. The lowest BCUT2D eigenvalue weighted by Crippen LogP contribution is -2.40. The van der Waals surface area contributed by atoms with E-state index in [-0.39, 0.29) is 11.8 Å². The molecule has 1 aliphatic carbocycles. The van der Waals surface area contributed by atoms with Gasteiger partial charge < -0.3 is 10.1 Å². The van der Waals surface area contributed by atoms with E-state index < -0.39 is 0 Å². The van der Waals surface area contributed by atoms with Crippen molar-refractivity contribution in [1.29, 1.82) is 0 Å². The second-order valence-corrected chi connectivity index (χ2v) is 8.88. The molecule has 1 fully saturated rings. The summed E-state index contributed by atoms with van der Waals surface area (Å²) in [6, 6.07) is 13.7. The van der Waals surface area contributed by atoms with Crippen LogP contribution >= 0.6 is 11.6 Å². The van der Waals surface area contributed by atoms with Gasteiger partial charge in [-0.2, -0.15) is 4.73 Å². The normalized spacial score (nSPS) is 18.7. The number of pyridine rings is 2. The minimum absolute atomic E-state index is 0.00868. The first kappa shape index (κ1) is 20.0. The van der Waals surface area contributed by atoms with Crippen LogP contribution in [0.4, 0.5) is 0 Å². The van der Waals surface area contributed by atoms with Crippen molar-refractivity contribution >= 4 is 17.5 Å². The van der Waals surface area contributed by atoms with E-state index in [4.69, 9.17) is 16.6 Å². The molecule has 3 heterocycles. The fourth-order valence-electron chi connectivity index (χ4n) is 5.10. The van der Waals surface area contributed by atoms with E-state index in [1.165, 1.54) is 34.8 Å². The highest BCUT2D eigenvalue weighted by Crippen LogP contribution is 2.42. The van der Waals surface area contributed by atoms with Gasteiger partial charge in [0.1, 0.15) is 0 Å². The van der Waals surface area contributed by atoms with Gasteiger partial charge in [0.05, 0.1) is 11.3 Å². The van der Waals surface area contributed by atoms with Crippen LogP contribution in [0.15, 0.2) is 61.1 Å². The van der Waals surface area contributed by atoms with Crippen LogP contribution in [0.25, 0.3) is 0 Å². The van der Waals surface area contributed by atoms with Crippen molar-refractivity contribution in [1.82, 2.24) is 9.88 Å². The average molecular weight is 434 g/mol. The molecular formula is C25H24ClN3O2. The van der Waals surface area contributed by atoms with Crippen LogP contribution < -0.4 is 4.73 Å². The maximum Gasteiger partial charge on any atom is 0.254 e. The summed E-state index contributed by atoms with van der Waals surface area (Å²) in [7, 11) is 0. The number of hydrogen-bond acceptors (Lipinski definition) is 3. The SMILES string of the molecule is O=C(c1cc[n+]([O-])cc1)N1CCC(C2c3ccc(Cl)cc3CCc3cccnc32)CC1. The maximum atomic E-state index is 12.9. The van der Waals surface area contributed by atoms with Crippen LogP contribution in [0.1, 0.15) is 51.5 Å². The van der Waals surface area contributed by atoms with Gasteiger partial charge in [-0.15, -0.1) is 0 Å². The van der Waals surface area contributed by atoms with E-state index in [9.17, 15) is 10.0 Å². The molecule has 158 valence electrons. The lowest BCUT2D eigenvalue weighted by Gasteiger charge is -2.36. The van der Waals surface area contributed by atoms with Crippen LogP contribution in [0.2, 0.25) is 5.02 Å². The molecule has 6 heteroatoms. The summed E-state index contributed by atoms with van der Waals surface area (Å²) in [5, 5.41) is 12.0. The molecule has 0 spiro atoms. The topological polar surface area (TPSA) is 60.1 Å². The molecular weight excluding hydrogens is 410 g/mol. The molecule has 2 aliphatic rings. The molecule has 1 unspecified atom stereocenters. The number of piperidine rings is 1. The molecule has 5 nitrogen and oxygen atoms in total. The molecule has 2 aromatic heterocycles. The summed E-state index contributed by atoms with van der Waals surface area (Å²) in [4.78, 5) is 19.6. The third-order valence-corrected chi connectivity index (χ3v) is 6.91. The van der Waals surface area contributed by atoms with E-state index in [0.29, 0.717) is 29.3 Å².